The van der Waals surface area contributed by atoms with E-state index in [1.165, 1.54) is 79.9 Å². The van der Waals surface area contributed by atoms with Gasteiger partial charge >= 0.3 is 0 Å². The number of benzene rings is 2. The number of sulfonamides is 1. The Morgan fingerprint density at radius 2 is 1.74 bits per heavy atom. The molecule has 0 saturated heterocycles. The van der Waals surface area contributed by atoms with Crippen molar-refractivity contribution >= 4 is 56.5 Å². The lowest BCUT2D eigenvalue weighted by atomic mass is 10.2. The van der Waals surface area contributed by atoms with Crippen molar-refractivity contribution in [3.63, 3.8) is 0 Å². The molecule has 0 radical (unpaired) electrons. The van der Waals surface area contributed by atoms with E-state index in [0.29, 0.717) is 11.3 Å². The zero-order valence-electron chi connectivity index (χ0n) is 18.0. The molecule has 14 heteroatoms. The van der Waals surface area contributed by atoms with Gasteiger partial charge in [-0.15, -0.1) is 10.2 Å². The summed E-state index contributed by atoms with van der Waals surface area (Å²) in [4.78, 5) is 22.2. The molecule has 0 spiro atoms. The molecular weight excluding hydrogens is 496 g/mol. The van der Waals surface area contributed by atoms with Gasteiger partial charge in [-0.1, -0.05) is 0 Å². The molecule has 0 aliphatic carbocycles. The van der Waals surface area contributed by atoms with Crippen LogP contribution in [0.1, 0.15) is 5.56 Å². The second-order valence-corrected chi connectivity index (χ2v) is 8.81. The van der Waals surface area contributed by atoms with Gasteiger partial charge in [0, 0.05) is 30.0 Å². The van der Waals surface area contributed by atoms with Crippen molar-refractivity contribution in [2.45, 2.75) is 4.90 Å². The van der Waals surface area contributed by atoms with Gasteiger partial charge in [0.25, 0.3) is 15.7 Å². The van der Waals surface area contributed by atoms with Crippen LogP contribution in [-0.4, -0.2) is 41.7 Å². The average Bonchev–Trinajstić information content (AvgIpc) is 2.83. The summed E-state index contributed by atoms with van der Waals surface area (Å²) in [7, 11) is -2.49. The SMILES string of the molecule is COc1ccc(NS(=O)(=O)c2ccc(NC(=S)NC(=O)C=Cc3ccc([N+](=O)[O-])cc3)cc2)nn1. The monoisotopic (exact) mass is 514 g/mol. The molecule has 3 rings (SSSR count). The lowest BCUT2D eigenvalue weighted by Crippen LogP contribution is -2.32. The third-order valence-electron chi connectivity index (χ3n) is 4.28. The molecule has 12 nitrogen and oxygen atoms in total. The van der Waals surface area contributed by atoms with E-state index in [-0.39, 0.29) is 27.4 Å². The minimum absolute atomic E-state index is 0.00871. The van der Waals surface area contributed by atoms with Crippen LogP contribution in [0, 0.1) is 10.1 Å². The topological polar surface area (TPSA) is 165 Å². The largest absolute Gasteiger partial charge is 0.480 e. The number of nitro benzene ring substituents is 1. The fourth-order valence-electron chi connectivity index (χ4n) is 2.59. The number of ether oxygens (including phenoxy) is 1. The van der Waals surface area contributed by atoms with Crippen molar-refractivity contribution < 1.29 is 22.9 Å². The number of nitrogens with zero attached hydrogens (tertiary/aromatic N) is 3. The van der Waals surface area contributed by atoms with Crippen LogP contribution >= 0.6 is 12.2 Å². The number of nitro groups is 1. The van der Waals surface area contributed by atoms with Crippen LogP contribution in [0.2, 0.25) is 0 Å². The molecule has 180 valence electrons. The Balaban J connectivity index is 1.54. The predicted molar refractivity (Wildman–Crippen MR) is 132 cm³/mol. The van der Waals surface area contributed by atoms with Crippen molar-refractivity contribution in [1.82, 2.24) is 15.5 Å². The standard InChI is InChI=1S/C21H18N6O6S2/c1-33-20-13-11-18(24-25-20)26-35(31,32)17-9-5-15(6-10-17)22-21(34)23-19(28)12-4-14-2-7-16(8-3-14)27(29)30/h2-13H,1H3,(H,24,26)(H2,22,23,28,34). The van der Waals surface area contributed by atoms with Crippen LogP contribution in [0.5, 0.6) is 5.88 Å². The number of carbonyl (C=O) groups excluding carboxylic acids is 1. The minimum Gasteiger partial charge on any atom is -0.480 e. The normalized spacial score (nSPS) is 11.0. The van der Waals surface area contributed by atoms with E-state index in [2.05, 4.69) is 25.6 Å². The Hall–Kier alpha value is -4.43. The van der Waals surface area contributed by atoms with Gasteiger partial charge in [0.1, 0.15) is 0 Å². The van der Waals surface area contributed by atoms with Gasteiger partial charge in [0.05, 0.1) is 16.9 Å². The lowest BCUT2D eigenvalue weighted by molar-refractivity contribution is -0.384. The maximum absolute atomic E-state index is 12.5. The Bertz CT molecular complexity index is 1360. The molecule has 2 aromatic carbocycles. The highest BCUT2D eigenvalue weighted by Crippen LogP contribution is 2.18. The van der Waals surface area contributed by atoms with E-state index in [1.807, 2.05) is 0 Å². The summed E-state index contributed by atoms with van der Waals surface area (Å²) in [5.41, 5.74) is 0.981. The number of nitrogens with one attached hydrogen (secondary N) is 3. The summed E-state index contributed by atoms with van der Waals surface area (Å²) < 4.78 is 32.2. The van der Waals surface area contributed by atoms with E-state index < -0.39 is 20.9 Å². The maximum atomic E-state index is 12.5. The molecular formula is C21H18N6O6S2. The van der Waals surface area contributed by atoms with E-state index in [9.17, 15) is 23.3 Å². The maximum Gasteiger partial charge on any atom is 0.269 e. The smallest absolute Gasteiger partial charge is 0.269 e. The summed E-state index contributed by atoms with van der Waals surface area (Å²) >= 11 is 5.09. The molecule has 0 unspecified atom stereocenters. The number of anilines is 2. The minimum atomic E-state index is -3.91. The summed E-state index contributed by atoms with van der Waals surface area (Å²) in [6.45, 7) is 0. The van der Waals surface area contributed by atoms with E-state index in [1.54, 1.807) is 0 Å². The molecule has 0 atom stereocenters. The van der Waals surface area contributed by atoms with Crippen LogP contribution in [0.3, 0.4) is 0 Å². The quantitative estimate of drug-likeness (QED) is 0.176. The number of carbonyl (C=O) groups is 1. The van der Waals surface area contributed by atoms with Crippen molar-refractivity contribution in [3.8, 4) is 5.88 Å². The van der Waals surface area contributed by atoms with Crippen LogP contribution in [0.4, 0.5) is 17.2 Å². The Morgan fingerprint density at radius 1 is 1.06 bits per heavy atom. The molecule has 35 heavy (non-hydrogen) atoms. The predicted octanol–water partition coefficient (Wildman–Crippen LogP) is 2.72. The molecule has 0 saturated carbocycles. The Morgan fingerprint density at radius 3 is 2.31 bits per heavy atom. The Kier molecular flexibility index (Phi) is 8.01. The van der Waals surface area contributed by atoms with Crippen LogP contribution in [-0.2, 0) is 14.8 Å². The average molecular weight is 515 g/mol. The zero-order valence-corrected chi connectivity index (χ0v) is 19.7. The molecule has 3 aromatic rings. The van der Waals surface area contributed by atoms with Gasteiger partial charge in [0.15, 0.2) is 10.9 Å². The van der Waals surface area contributed by atoms with Gasteiger partial charge in [-0.25, -0.2) is 8.42 Å². The first kappa shape index (κ1) is 25.2. The number of hydrogen-bond donors (Lipinski definition) is 3. The van der Waals surface area contributed by atoms with Gasteiger partial charge in [-0.2, -0.15) is 0 Å². The third kappa shape index (κ3) is 7.28. The molecule has 0 bridgehead atoms. The number of hydrogen-bond acceptors (Lipinski definition) is 9. The van der Waals surface area contributed by atoms with Crippen LogP contribution in [0.15, 0.2) is 71.6 Å². The third-order valence-corrected chi connectivity index (χ3v) is 5.85. The first-order chi connectivity index (χ1) is 16.7. The molecule has 0 fully saturated rings. The highest BCUT2D eigenvalue weighted by molar-refractivity contribution is 7.92. The van der Waals surface area contributed by atoms with Crippen molar-refractivity contribution in [2.75, 3.05) is 17.1 Å². The molecule has 1 aromatic heterocycles. The van der Waals surface area contributed by atoms with Gasteiger partial charge in [-0.3, -0.25) is 24.9 Å². The molecule has 1 heterocycles. The number of amides is 1. The summed E-state index contributed by atoms with van der Waals surface area (Å²) in [5, 5.41) is 23.3. The number of non-ortho nitro benzene ring substituents is 1. The summed E-state index contributed by atoms with van der Waals surface area (Å²) in [6.07, 6.45) is 2.69. The van der Waals surface area contributed by atoms with Gasteiger partial charge < -0.3 is 10.1 Å². The second-order valence-electron chi connectivity index (χ2n) is 6.72. The van der Waals surface area contributed by atoms with Gasteiger partial charge in [-0.05, 0) is 66.3 Å². The van der Waals surface area contributed by atoms with Crippen molar-refractivity contribution in [3.05, 3.63) is 82.4 Å². The lowest BCUT2D eigenvalue weighted by Gasteiger charge is -2.10. The highest BCUT2D eigenvalue weighted by atomic mass is 32.2. The molecule has 0 aliphatic rings. The Labute approximate surface area is 205 Å². The van der Waals surface area contributed by atoms with E-state index in [0.717, 1.165) is 0 Å². The van der Waals surface area contributed by atoms with Crippen molar-refractivity contribution in [2.24, 2.45) is 0 Å². The summed E-state index contributed by atoms with van der Waals surface area (Å²) in [6, 6.07) is 14.2. The van der Waals surface area contributed by atoms with E-state index in [4.69, 9.17) is 17.0 Å². The molecule has 3 N–H and O–H groups in total. The fraction of sp³-hybridized carbons (Fsp3) is 0.0476. The number of aromatic nitrogens is 2. The molecule has 0 aliphatic heterocycles. The zero-order chi connectivity index (χ0) is 25.4. The number of rotatable bonds is 8. The molecule has 1 amide bonds. The van der Waals surface area contributed by atoms with Crippen LogP contribution < -0.4 is 20.1 Å². The highest BCUT2D eigenvalue weighted by Gasteiger charge is 2.15. The second kappa shape index (κ2) is 11.1. The van der Waals surface area contributed by atoms with E-state index >= 15 is 0 Å². The summed E-state index contributed by atoms with van der Waals surface area (Å²) in [5.74, 6) is -0.253. The number of thiocarbonyl (C=S) groups is 1. The number of methoxy groups -OCH3 is 1. The van der Waals surface area contributed by atoms with Crippen LogP contribution in [0.25, 0.3) is 6.08 Å². The first-order valence-corrected chi connectivity index (χ1v) is 11.6. The first-order valence-electron chi connectivity index (χ1n) is 9.71. The van der Waals surface area contributed by atoms with Crippen molar-refractivity contribution in [1.29, 1.82) is 0 Å². The fourth-order valence-corrected chi connectivity index (χ4v) is 3.81. The van der Waals surface area contributed by atoms with Gasteiger partial charge in [0.2, 0.25) is 11.8 Å².